The Bertz CT molecular complexity index is 273. The van der Waals surface area contributed by atoms with Crippen LogP contribution in [-0.4, -0.2) is 11.3 Å². The zero-order valence-corrected chi connectivity index (χ0v) is 6.93. The van der Waals surface area contributed by atoms with E-state index in [4.69, 9.17) is 11.6 Å². The third-order valence-corrected chi connectivity index (χ3v) is 1.90. The van der Waals surface area contributed by atoms with Crippen LogP contribution in [0, 0.1) is 6.92 Å². The molecule has 1 aromatic heterocycles. The largest absolute Gasteiger partial charge is 0.296 e. The first-order chi connectivity index (χ1) is 5.29. The maximum absolute atomic E-state index is 10.4. The molecule has 11 heavy (non-hydrogen) atoms. The lowest BCUT2D eigenvalue weighted by Gasteiger charge is -2.01. The van der Waals surface area contributed by atoms with Crippen molar-refractivity contribution in [1.29, 1.82) is 0 Å². The summed E-state index contributed by atoms with van der Waals surface area (Å²) >= 11 is 5.62. The summed E-state index contributed by atoms with van der Waals surface area (Å²) in [5, 5.41) is 0. The van der Waals surface area contributed by atoms with Gasteiger partial charge in [0.15, 0.2) is 6.29 Å². The van der Waals surface area contributed by atoms with Gasteiger partial charge in [-0.25, -0.2) is 0 Å². The zero-order chi connectivity index (χ0) is 8.27. The summed E-state index contributed by atoms with van der Waals surface area (Å²) in [4.78, 5) is 14.3. The summed E-state index contributed by atoms with van der Waals surface area (Å²) in [6, 6.07) is 1.81. The van der Waals surface area contributed by atoms with Gasteiger partial charge >= 0.3 is 0 Å². The Labute approximate surface area is 70.2 Å². The van der Waals surface area contributed by atoms with Crippen LogP contribution in [0.25, 0.3) is 0 Å². The number of alkyl halides is 1. The lowest BCUT2D eigenvalue weighted by molar-refractivity contribution is 0.111. The normalized spacial score (nSPS) is 9.64. The van der Waals surface area contributed by atoms with Gasteiger partial charge in [0.2, 0.25) is 0 Å². The van der Waals surface area contributed by atoms with Gasteiger partial charge in [-0.2, -0.15) is 0 Å². The van der Waals surface area contributed by atoms with Crippen molar-refractivity contribution in [2.45, 2.75) is 12.8 Å². The molecule has 1 rings (SSSR count). The molecule has 0 radical (unpaired) electrons. The molecule has 0 aliphatic rings. The van der Waals surface area contributed by atoms with Gasteiger partial charge in [0.25, 0.3) is 0 Å². The van der Waals surface area contributed by atoms with E-state index in [9.17, 15) is 4.79 Å². The first kappa shape index (κ1) is 8.21. The Kier molecular flexibility index (Phi) is 2.60. The Morgan fingerprint density at radius 3 is 3.00 bits per heavy atom. The van der Waals surface area contributed by atoms with Gasteiger partial charge in [-0.05, 0) is 24.1 Å². The number of aldehydes is 1. The monoisotopic (exact) mass is 169 g/mol. The second kappa shape index (κ2) is 3.49. The number of hydrogen-bond donors (Lipinski definition) is 0. The molecule has 0 bridgehead atoms. The van der Waals surface area contributed by atoms with Crippen molar-refractivity contribution in [3.8, 4) is 0 Å². The van der Waals surface area contributed by atoms with Gasteiger partial charge in [-0.15, -0.1) is 11.6 Å². The second-order valence-corrected chi connectivity index (χ2v) is 2.50. The molecular weight excluding hydrogens is 162 g/mol. The fraction of sp³-hybridized carbons (Fsp3) is 0.250. The summed E-state index contributed by atoms with van der Waals surface area (Å²) in [5.74, 6) is 0.426. The molecule has 0 amide bonds. The van der Waals surface area contributed by atoms with Crippen LogP contribution in [0.15, 0.2) is 12.3 Å². The van der Waals surface area contributed by atoms with E-state index in [1.807, 2.05) is 13.0 Å². The molecule has 0 saturated heterocycles. The highest BCUT2D eigenvalue weighted by Gasteiger charge is 2.01. The number of carbonyl (C=O) groups is 1. The van der Waals surface area contributed by atoms with E-state index in [2.05, 4.69) is 4.98 Å². The fourth-order valence-corrected chi connectivity index (χ4v) is 1.15. The minimum absolute atomic E-state index is 0.426. The van der Waals surface area contributed by atoms with Crippen molar-refractivity contribution in [3.63, 3.8) is 0 Å². The highest BCUT2D eigenvalue weighted by atomic mass is 35.5. The number of pyridine rings is 1. The SMILES string of the molecule is Cc1c(CCl)ccnc1C=O. The number of hydrogen-bond acceptors (Lipinski definition) is 2. The fourth-order valence-electron chi connectivity index (χ4n) is 0.857. The Morgan fingerprint density at radius 1 is 1.73 bits per heavy atom. The highest BCUT2D eigenvalue weighted by Crippen LogP contribution is 2.11. The predicted octanol–water partition coefficient (Wildman–Crippen LogP) is 1.94. The topological polar surface area (TPSA) is 30.0 Å². The standard InChI is InChI=1S/C8H8ClNO/c1-6-7(4-9)2-3-10-8(6)5-11/h2-3,5H,4H2,1H3. The Hall–Kier alpha value is -0.890. The predicted molar refractivity (Wildman–Crippen MR) is 43.9 cm³/mol. The van der Waals surface area contributed by atoms with Crippen LogP contribution in [0.3, 0.4) is 0 Å². The smallest absolute Gasteiger partial charge is 0.168 e. The molecule has 0 atom stereocenters. The van der Waals surface area contributed by atoms with Gasteiger partial charge in [0, 0.05) is 12.1 Å². The Balaban J connectivity index is 3.20. The molecule has 1 heterocycles. The molecule has 1 aromatic rings. The van der Waals surface area contributed by atoms with Gasteiger partial charge in [0.1, 0.15) is 5.69 Å². The molecule has 0 spiro atoms. The average molecular weight is 170 g/mol. The summed E-state index contributed by atoms with van der Waals surface area (Å²) in [7, 11) is 0. The van der Waals surface area contributed by atoms with Crippen molar-refractivity contribution in [2.75, 3.05) is 0 Å². The third kappa shape index (κ3) is 1.57. The van der Waals surface area contributed by atoms with Crippen LogP contribution < -0.4 is 0 Å². The Morgan fingerprint density at radius 2 is 2.45 bits per heavy atom. The van der Waals surface area contributed by atoms with Gasteiger partial charge in [0.05, 0.1) is 0 Å². The van der Waals surface area contributed by atoms with E-state index >= 15 is 0 Å². The van der Waals surface area contributed by atoms with Crippen LogP contribution in [0.1, 0.15) is 21.6 Å². The maximum Gasteiger partial charge on any atom is 0.168 e. The summed E-state index contributed by atoms with van der Waals surface area (Å²) in [6.45, 7) is 1.84. The van der Waals surface area contributed by atoms with Gasteiger partial charge < -0.3 is 0 Å². The molecule has 0 saturated carbocycles. The van der Waals surface area contributed by atoms with Crippen LogP contribution >= 0.6 is 11.6 Å². The van der Waals surface area contributed by atoms with Crippen LogP contribution in [0.5, 0.6) is 0 Å². The van der Waals surface area contributed by atoms with Crippen LogP contribution in [-0.2, 0) is 5.88 Å². The van der Waals surface area contributed by atoms with Crippen LogP contribution in [0.4, 0.5) is 0 Å². The number of rotatable bonds is 2. The molecule has 0 aromatic carbocycles. The number of carbonyl (C=O) groups excluding carboxylic acids is 1. The lowest BCUT2D eigenvalue weighted by atomic mass is 10.1. The van der Waals surface area contributed by atoms with Gasteiger partial charge in [-0.1, -0.05) is 0 Å². The second-order valence-electron chi connectivity index (χ2n) is 2.23. The minimum Gasteiger partial charge on any atom is -0.296 e. The summed E-state index contributed by atoms with van der Waals surface area (Å²) in [5.41, 5.74) is 2.31. The molecule has 3 heteroatoms. The third-order valence-electron chi connectivity index (χ3n) is 1.61. The molecule has 0 aliphatic heterocycles. The first-order valence-electron chi connectivity index (χ1n) is 3.25. The van der Waals surface area contributed by atoms with Crippen LogP contribution in [0.2, 0.25) is 0 Å². The van der Waals surface area contributed by atoms with Crippen molar-refractivity contribution in [3.05, 3.63) is 29.1 Å². The molecule has 0 unspecified atom stereocenters. The van der Waals surface area contributed by atoms with E-state index in [0.717, 1.165) is 17.4 Å². The average Bonchev–Trinajstić information content (AvgIpc) is 2.05. The summed E-state index contributed by atoms with van der Waals surface area (Å²) in [6.07, 6.45) is 2.33. The molecular formula is C8H8ClNO. The molecule has 0 fully saturated rings. The summed E-state index contributed by atoms with van der Waals surface area (Å²) < 4.78 is 0. The van der Waals surface area contributed by atoms with Crippen molar-refractivity contribution >= 4 is 17.9 Å². The highest BCUT2D eigenvalue weighted by molar-refractivity contribution is 6.17. The number of aromatic nitrogens is 1. The van der Waals surface area contributed by atoms with E-state index in [1.165, 1.54) is 0 Å². The lowest BCUT2D eigenvalue weighted by Crippen LogP contribution is -1.95. The molecule has 58 valence electrons. The van der Waals surface area contributed by atoms with Crippen molar-refractivity contribution < 1.29 is 4.79 Å². The maximum atomic E-state index is 10.4. The molecule has 2 nitrogen and oxygen atoms in total. The van der Waals surface area contributed by atoms with Crippen molar-refractivity contribution in [1.82, 2.24) is 4.98 Å². The number of nitrogens with zero attached hydrogens (tertiary/aromatic N) is 1. The van der Waals surface area contributed by atoms with Gasteiger partial charge in [-0.3, -0.25) is 9.78 Å². The molecule has 0 N–H and O–H groups in total. The van der Waals surface area contributed by atoms with E-state index in [-0.39, 0.29) is 0 Å². The number of halogens is 1. The first-order valence-corrected chi connectivity index (χ1v) is 3.78. The zero-order valence-electron chi connectivity index (χ0n) is 6.17. The molecule has 0 aliphatic carbocycles. The minimum atomic E-state index is 0.426. The van der Waals surface area contributed by atoms with E-state index < -0.39 is 0 Å². The van der Waals surface area contributed by atoms with Crippen molar-refractivity contribution in [2.24, 2.45) is 0 Å². The van der Waals surface area contributed by atoms with E-state index in [1.54, 1.807) is 6.20 Å². The quantitative estimate of drug-likeness (QED) is 0.500. The van der Waals surface area contributed by atoms with E-state index in [0.29, 0.717) is 11.6 Å².